The Labute approximate surface area is 183 Å². The maximum atomic E-state index is 12.5. The lowest BCUT2D eigenvalue weighted by Crippen LogP contribution is -2.35. The average Bonchev–Trinajstić information content (AvgIpc) is 3.28. The van der Waals surface area contributed by atoms with E-state index >= 15 is 0 Å². The van der Waals surface area contributed by atoms with Crippen molar-refractivity contribution in [1.82, 2.24) is 4.90 Å². The number of esters is 2. The number of ether oxygens (including phenoxy) is 2. The second-order valence-corrected chi connectivity index (χ2v) is 7.80. The minimum atomic E-state index is -0.652. The van der Waals surface area contributed by atoms with Crippen LogP contribution in [0, 0.1) is 0 Å². The van der Waals surface area contributed by atoms with E-state index in [0.29, 0.717) is 22.6 Å². The molecule has 2 amide bonds. The van der Waals surface area contributed by atoms with E-state index in [-0.39, 0.29) is 17.6 Å². The lowest BCUT2D eigenvalue weighted by Gasteiger charge is -2.13. The molecule has 162 valence electrons. The lowest BCUT2D eigenvalue weighted by atomic mass is 10.1. The number of imide groups is 1. The van der Waals surface area contributed by atoms with Gasteiger partial charge >= 0.3 is 11.9 Å². The Kier molecular flexibility index (Phi) is 6.96. The summed E-state index contributed by atoms with van der Waals surface area (Å²) in [6.45, 7) is 4.93. The van der Waals surface area contributed by atoms with E-state index in [1.165, 1.54) is 6.08 Å². The molecule has 0 saturated carbocycles. The fraction of sp³-hybridized carbons (Fsp3) is 0.273. The van der Waals surface area contributed by atoms with E-state index in [1.54, 1.807) is 57.2 Å². The van der Waals surface area contributed by atoms with Crippen LogP contribution in [0.1, 0.15) is 36.9 Å². The van der Waals surface area contributed by atoms with Crippen molar-refractivity contribution in [2.75, 3.05) is 13.2 Å². The molecule has 0 radical (unpaired) electrons. The van der Waals surface area contributed by atoms with Crippen molar-refractivity contribution in [2.24, 2.45) is 0 Å². The third-order valence-electron chi connectivity index (χ3n) is 4.09. The number of thioether (sulfide) groups is 1. The van der Waals surface area contributed by atoms with Crippen LogP contribution < -0.4 is 0 Å². The molecule has 0 N–H and O–H groups in total. The molecule has 1 fully saturated rings. The third-order valence-corrected chi connectivity index (χ3v) is 4.99. The summed E-state index contributed by atoms with van der Waals surface area (Å²) in [7, 11) is 0. The summed E-state index contributed by atoms with van der Waals surface area (Å²) >= 11 is 0.724. The van der Waals surface area contributed by atoms with Crippen molar-refractivity contribution in [2.45, 2.75) is 26.9 Å². The molecule has 1 aliphatic rings. The number of rotatable bonds is 7. The molecule has 8 nitrogen and oxygen atoms in total. The van der Waals surface area contributed by atoms with Crippen LogP contribution in [0.5, 0.6) is 0 Å². The predicted octanol–water partition coefficient (Wildman–Crippen LogP) is 4.11. The quantitative estimate of drug-likeness (QED) is 0.465. The van der Waals surface area contributed by atoms with E-state index in [2.05, 4.69) is 0 Å². The molecular weight excluding hydrogens is 422 g/mol. The standard InChI is InChI=1S/C22H21NO7S/c1-4-28-21(26)15-7-5-6-14(10-15)17-9-8-16(30-17)11-18-20(25)23(22(27)31-18)12-19(24)29-13(2)3/h5-11,13H,4,12H2,1-3H3/b18-11-. The van der Waals surface area contributed by atoms with Crippen LogP contribution in [0.15, 0.2) is 45.7 Å². The molecular formula is C22H21NO7S. The minimum absolute atomic E-state index is 0.142. The highest BCUT2D eigenvalue weighted by Crippen LogP contribution is 2.33. The van der Waals surface area contributed by atoms with Crippen molar-refractivity contribution < 1.29 is 33.1 Å². The highest BCUT2D eigenvalue weighted by Gasteiger charge is 2.37. The number of carbonyl (C=O) groups is 4. The van der Waals surface area contributed by atoms with Gasteiger partial charge in [0.2, 0.25) is 0 Å². The van der Waals surface area contributed by atoms with Crippen LogP contribution in [0.2, 0.25) is 0 Å². The van der Waals surface area contributed by atoms with Gasteiger partial charge in [0.05, 0.1) is 23.2 Å². The van der Waals surface area contributed by atoms with E-state index in [4.69, 9.17) is 13.9 Å². The second kappa shape index (κ2) is 9.65. The SMILES string of the molecule is CCOC(=O)c1cccc(-c2ccc(/C=C3\SC(=O)N(CC(=O)OC(C)C)C3=O)o2)c1. The van der Waals surface area contributed by atoms with Crippen molar-refractivity contribution in [3.63, 3.8) is 0 Å². The van der Waals surface area contributed by atoms with Crippen molar-refractivity contribution in [3.8, 4) is 11.3 Å². The van der Waals surface area contributed by atoms with E-state index in [0.717, 1.165) is 16.7 Å². The van der Waals surface area contributed by atoms with Gasteiger partial charge in [0.1, 0.15) is 18.1 Å². The van der Waals surface area contributed by atoms with Crippen molar-refractivity contribution >= 4 is 40.9 Å². The largest absolute Gasteiger partial charge is 0.462 e. The normalized spacial score (nSPS) is 15.1. The zero-order valence-electron chi connectivity index (χ0n) is 17.2. The molecule has 1 aliphatic heterocycles. The van der Waals surface area contributed by atoms with E-state index in [9.17, 15) is 19.2 Å². The van der Waals surface area contributed by atoms with Gasteiger partial charge in [-0.05, 0) is 56.8 Å². The zero-order chi connectivity index (χ0) is 22.5. The Balaban J connectivity index is 1.75. The molecule has 1 saturated heterocycles. The van der Waals surface area contributed by atoms with Gasteiger partial charge < -0.3 is 13.9 Å². The Bertz CT molecular complexity index is 1050. The van der Waals surface area contributed by atoms with Crippen LogP contribution in [-0.2, 0) is 19.1 Å². The molecule has 2 aromatic rings. The van der Waals surface area contributed by atoms with Gasteiger partial charge in [-0.2, -0.15) is 0 Å². The van der Waals surface area contributed by atoms with Gasteiger partial charge in [-0.1, -0.05) is 12.1 Å². The molecule has 9 heteroatoms. The first-order chi connectivity index (χ1) is 14.8. The first-order valence-electron chi connectivity index (χ1n) is 9.60. The Morgan fingerprint density at radius 1 is 1.19 bits per heavy atom. The van der Waals surface area contributed by atoms with Gasteiger partial charge in [0.15, 0.2) is 0 Å². The molecule has 0 unspecified atom stereocenters. The fourth-order valence-electron chi connectivity index (χ4n) is 2.79. The van der Waals surface area contributed by atoms with Gasteiger partial charge in [0.25, 0.3) is 11.1 Å². The van der Waals surface area contributed by atoms with Crippen LogP contribution in [0.3, 0.4) is 0 Å². The second-order valence-electron chi connectivity index (χ2n) is 6.81. The van der Waals surface area contributed by atoms with Crippen molar-refractivity contribution in [3.05, 3.63) is 52.6 Å². The van der Waals surface area contributed by atoms with Crippen molar-refractivity contribution in [1.29, 1.82) is 0 Å². The van der Waals surface area contributed by atoms with Crippen LogP contribution in [0.4, 0.5) is 4.79 Å². The molecule has 1 aromatic heterocycles. The smallest absolute Gasteiger partial charge is 0.338 e. The van der Waals surface area contributed by atoms with Gasteiger partial charge in [-0.15, -0.1) is 0 Å². The Morgan fingerprint density at radius 2 is 1.97 bits per heavy atom. The summed E-state index contributed by atoms with van der Waals surface area (Å²) in [5, 5.41) is -0.550. The van der Waals surface area contributed by atoms with E-state index < -0.39 is 29.6 Å². The Hall–Kier alpha value is -3.33. The first-order valence-corrected chi connectivity index (χ1v) is 10.4. The Morgan fingerprint density at radius 3 is 2.68 bits per heavy atom. The van der Waals surface area contributed by atoms with Gasteiger partial charge in [-0.3, -0.25) is 19.3 Å². The summed E-state index contributed by atoms with van der Waals surface area (Å²) in [6, 6.07) is 10.1. The minimum Gasteiger partial charge on any atom is -0.462 e. The first kappa shape index (κ1) is 22.4. The van der Waals surface area contributed by atoms with Crippen LogP contribution in [-0.4, -0.2) is 47.2 Å². The molecule has 31 heavy (non-hydrogen) atoms. The molecule has 1 aromatic carbocycles. The maximum Gasteiger partial charge on any atom is 0.338 e. The van der Waals surface area contributed by atoms with Gasteiger partial charge in [-0.25, -0.2) is 4.79 Å². The number of carbonyl (C=O) groups excluding carboxylic acids is 4. The number of furan rings is 1. The molecule has 3 rings (SSSR count). The molecule has 2 heterocycles. The highest BCUT2D eigenvalue weighted by atomic mass is 32.2. The number of hydrogen-bond acceptors (Lipinski definition) is 8. The molecule has 0 aliphatic carbocycles. The molecule has 0 bridgehead atoms. The molecule has 0 spiro atoms. The monoisotopic (exact) mass is 443 g/mol. The number of benzene rings is 1. The summed E-state index contributed by atoms with van der Waals surface area (Å²) in [5.74, 6) is -0.831. The number of nitrogens with zero attached hydrogens (tertiary/aromatic N) is 1. The van der Waals surface area contributed by atoms with Crippen LogP contribution in [0.25, 0.3) is 17.4 Å². The third kappa shape index (κ3) is 5.43. The summed E-state index contributed by atoms with van der Waals surface area (Å²) < 4.78 is 15.8. The topological polar surface area (TPSA) is 103 Å². The summed E-state index contributed by atoms with van der Waals surface area (Å²) in [5.41, 5.74) is 1.06. The summed E-state index contributed by atoms with van der Waals surface area (Å²) in [4.78, 5) is 49.3. The zero-order valence-corrected chi connectivity index (χ0v) is 18.1. The predicted molar refractivity (Wildman–Crippen MR) is 114 cm³/mol. The number of amides is 2. The molecule has 0 atom stereocenters. The fourth-order valence-corrected chi connectivity index (χ4v) is 3.61. The average molecular weight is 443 g/mol. The van der Waals surface area contributed by atoms with Crippen LogP contribution >= 0.6 is 11.8 Å². The number of hydrogen-bond donors (Lipinski definition) is 0. The summed E-state index contributed by atoms with van der Waals surface area (Å²) in [6.07, 6.45) is 1.10. The maximum absolute atomic E-state index is 12.5. The lowest BCUT2D eigenvalue weighted by molar-refractivity contribution is -0.149. The highest BCUT2D eigenvalue weighted by molar-refractivity contribution is 8.18. The van der Waals surface area contributed by atoms with E-state index in [1.807, 2.05) is 0 Å². The van der Waals surface area contributed by atoms with Gasteiger partial charge in [0, 0.05) is 11.6 Å².